The summed E-state index contributed by atoms with van der Waals surface area (Å²) in [6.07, 6.45) is 0.933. The first kappa shape index (κ1) is 11.5. The second-order valence-electron chi connectivity index (χ2n) is 3.69. The molecule has 1 aromatic carbocycles. The van der Waals surface area contributed by atoms with E-state index in [4.69, 9.17) is 16.3 Å². The predicted molar refractivity (Wildman–Crippen MR) is 69.9 cm³/mol. The zero-order chi connectivity index (χ0) is 11.5. The van der Waals surface area contributed by atoms with Crippen LogP contribution in [0.1, 0.15) is 16.0 Å². The summed E-state index contributed by atoms with van der Waals surface area (Å²) in [5, 5.41) is 0. The van der Waals surface area contributed by atoms with E-state index in [2.05, 4.69) is 25.1 Å². The van der Waals surface area contributed by atoms with E-state index in [1.807, 2.05) is 12.1 Å². The summed E-state index contributed by atoms with van der Waals surface area (Å²) in [7, 11) is 1.70. The molecule has 2 aromatic rings. The van der Waals surface area contributed by atoms with Crippen LogP contribution >= 0.6 is 22.9 Å². The van der Waals surface area contributed by atoms with Gasteiger partial charge in [0.15, 0.2) is 0 Å². The molecule has 0 N–H and O–H groups in total. The second-order valence-corrected chi connectivity index (χ2v) is 5.49. The number of ether oxygens (including phenoxy) is 1. The molecule has 0 radical (unpaired) electrons. The lowest BCUT2D eigenvalue weighted by Crippen LogP contribution is -1.90. The summed E-state index contributed by atoms with van der Waals surface area (Å²) >= 11 is 7.54. The summed E-state index contributed by atoms with van der Waals surface area (Å²) in [5.41, 5.74) is 2.46. The number of aryl methyl sites for hydroxylation is 1. The third-order valence-electron chi connectivity index (χ3n) is 2.47. The first-order chi connectivity index (χ1) is 7.69. The maximum Gasteiger partial charge on any atom is 0.121 e. The number of rotatable bonds is 3. The molecule has 84 valence electrons. The molecule has 0 unspecified atom stereocenters. The van der Waals surface area contributed by atoms with Crippen LogP contribution in [0.25, 0.3) is 0 Å². The molecule has 3 heteroatoms. The van der Waals surface area contributed by atoms with Crippen molar-refractivity contribution in [2.24, 2.45) is 0 Å². The highest BCUT2D eigenvalue weighted by Gasteiger charge is 2.03. The van der Waals surface area contributed by atoms with Crippen molar-refractivity contribution >= 4 is 22.9 Å². The number of hydrogen-bond acceptors (Lipinski definition) is 2. The average Bonchev–Trinajstić information content (AvgIpc) is 2.64. The van der Waals surface area contributed by atoms with E-state index in [1.54, 1.807) is 18.4 Å². The molecule has 0 saturated carbocycles. The minimum absolute atomic E-state index is 0.847. The van der Waals surface area contributed by atoms with E-state index in [0.717, 1.165) is 16.5 Å². The topological polar surface area (TPSA) is 9.23 Å². The Bertz CT molecular complexity index is 490. The Hall–Kier alpha value is -0.990. The van der Waals surface area contributed by atoms with Gasteiger partial charge in [-0.05, 0) is 36.2 Å². The number of benzene rings is 1. The number of methoxy groups -OCH3 is 1. The molecule has 0 aliphatic heterocycles. The molecule has 0 spiro atoms. The third-order valence-corrected chi connectivity index (χ3v) is 3.70. The van der Waals surface area contributed by atoms with E-state index in [9.17, 15) is 0 Å². The van der Waals surface area contributed by atoms with Gasteiger partial charge >= 0.3 is 0 Å². The first-order valence-corrected chi connectivity index (χ1v) is 6.26. The van der Waals surface area contributed by atoms with E-state index in [1.165, 1.54) is 16.0 Å². The summed E-state index contributed by atoms with van der Waals surface area (Å²) < 4.78 is 6.08. The predicted octanol–water partition coefficient (Wildman–Crippen LogP) is 4.31. The van der Waals surface area contributed by atoms with Crippen LogP contribution < -0.4 is 4.74 Å². The molecule has 0 aliphatic carbocycles. The summed E-state index contributed by atoms with van der Waals surface area (Å²) in [5.74, 6) is 0.938. The van der Waals surface area contributed by atoms with E-state index in [-0.39, 0.29) is 0 Å². The van der Waals surface area contributed by atoms with Gasteiger partial charge in [-0.15, -0.1) is 11.3 Å². The van der Waals surface area contributed by atoms with Crippen LogP contribution in [0.15, 0.2) is 30.3 Å². The lowest BCUT2D eigenvalue weighted by atomic mass is 10.1. The van der Waals surface area contributed by atoms with Crippen molar-refractivity contribution in [3.63, 3.8) is 0 Å². The molecule has 1 aromatic heterocycles. The van der Waals surface area contributed by atoms with Crippen molar-refractivity contribution in [1.29, 1.82) is 0 Å². The maximum atomic E-state index is 5.90. The molecule has 0 saturated heterocycles. The van der Waals surface area contributed by atoms with Crippen molar-refractivity contribution in [3.8, 4) is 5.75 Å². The van der Waals surface area contributed by atoms with Crippen LogP contribution in [0.2, 0.25) is 4.34 Å². The Morgan fingerprint density at radius 1 is 1.25 bits per heavy atom. The Balaban J connectivity index is 2.19. The zero-order valence-corrected chi connectivity index (χ0v) is 10.9. The Morgan fingerprint density at radius 2 is 2.06 bits per heavy atom. The van der Waals surface area contributed by atoms with E-state index >= 15 is 0 Å². The SMILES string of the molecule is COc1ccc(Cc2ccc(Cl)s2)cc1C. The standard InChI is InChI=1S/C13H13ClOS/c1-9-7-10(3-5-12(9)15-2)8-11-4-6-13(14)16-11/h3-7H,8H2,1-2H3. The monoisotopic (exact) mass is 252 g/mol. The Morgan fingerprint density at radius 3 is 2.62 bits per heavy atom. The molecule has 0 fully saturated rings. The van der Waals surface area contributed by atoms with Gasteiger partial charge in [0.05, 0.1) is 11.4 Å². The first-order valence-electron chi connectivity index (χ1n) is 5.07. The quantitative estimate of drug-likeness (QED) is 0.791. The Labute approximate surface area is 105 Å². The fourth-order valence-corrected chi connectivity index (χ4v) is 2.82. The molecule has 0 amide bonds. The summed E-state index contributed by atoms with van der Waals surface area (Å²) in [6, 6.07) is 10.3. The summed E-state index contributed by atoms with van der Waals surface area (Å²) in [6.45, 7) is 2.06. The summed E-state index contributed by atoms with van der Waals surface area (Å²) in [4.78, 5) is 1.29. The van der Waals surface area contributed by atoms with Gasteiger partial charge in [0, 0.05) is 11.3 Å². The highest BCUT2D eigenvalue weighted by molar-refractivity contribution is 7.16. The normalized spacial score (nSPS) is 10.4. The maximum absolute atomic E-state index is 5.90. The smallest absolute Gasteiger partial charge is 0.121 e. The fourth-order valence-electron chi connectivity index (χ4n) is 1.70. The van der Waals surface area contributed by atoms with Crippen molar-refractivity contribution in [2.45, 2.75) is 13.3 Å². The molecule has 1 nitrogen and oxygen atoms in total. The lowest BCUT2D eigenvalue weighted by molar-refractivity contribution is 0.411. The van der Waals surface area contributed by atoms with Crippen LogP contribution in [0, 0.1) is 6.92 Å². The van der Waals surface area contributed by atoms with Crippen LogP contribution in [-0.2, 0) is 6.42 Å². The van der Waals surface area contributed by atoms with Crippen molar-refractivity contribution in [2.75, 3.05) is 7.11 Å². The molecule has 2 rings (SSSR count). The van der Waals surface area contributed by atoms with Gasteiger partial charge < -0.3 is 4.74 Å². The highest BCUT2D eigenvalue weighted by atomic mass is 35.5. The third kappa shape index (κ3) is 2.57. The largest absolute Gasteiger partial charge is 0.496 e. The van der Waals surface area contributed by atoms with Crippen LogP contribution in [0.5, 0.6) is 5.75 Å². The number of hydrogen-bond donors (Lipinski definition) is 0. The lowest BCUT2D eigenvalue weighted by Gasteiger charge is -2.06. The van der Waals surface area contributed by atoms with Crippen LogP contribution in [-0.4, -0.2) is 7.11 Å². The van der Waals surface area contributed by atoms with Gasteiger partial charge in [-0.2, -0.15) is 0 Å². The molecule has 0 atom stereocenters. The molecule has 16 heavy (non-hydrogen) atoms. The fraction of sp³-hybridized carbons (Fsp3) is 0.231. The van der Waals surface area contributed by atoms with E-state index in [0.29, 0.717) is 0 Å². The molecular formula is C13H13ClOS. The highest BCUT2D eigenvalue weighted by Crippen LogP contribution is 2.25. The zero-order valence-electron chi connectivity index (χ0n) is 9.29. The van der Waals surface area contributed by atoms with Gasteiger partial charge in [0.1, 0.15) is 5.75 Å². The van der Waals surface area contributed by atoms with Gasteiger partial charge in [-0.1, -0.05) is 23.7 Å². The van der Waals surface area contributed by atoms with Crippen molar-refractivity contribution < 1.29 is 4.74 Å². The van der Waals surface area contributed by atoms with Gasteiger partial charge in [-0.25, -0.2) is 0 Å². The van der Waals surface area contributed by atoms with Crippen molar-refractivity contribution in [3.05, 3.63) is 50.7 Å². The minimum atomic E-state index is 0.847. The van der Waals surface area contributed by atoms with E-state index < -0.39 is 0 Å². The van der Waals surface area contributed by atoms with Gasteiger partial charge in [0.25, 0.3) is 0 Å². The second kappa shape index (κ2) is 4.89. The Kier molecular flexibility index (Phi) is 3.52. The number of thiophene rings is 1. The average molecular weight is 253 g/mol. The van der Waals surface area contributed by atoms with Gasteiger partial charge in [0.2, 0.25) is 0 Å². The molecular weight excluding hydrogens is 240 g/mol. The van der Waals surface area contributed by atoms with Crippen LogP contribution in [0.3, 0.4) is 0 Å². The van der Waals surface area contributed by atoms with Crippen molar-refractivity contribution in [1.82, 2.24) is 0 Å². The van der Waals surface area contributed by atoms with Crippen LogP contribution in [0.4, 0.5) is 0 Å². The minimum Gasteiger partial charge on any atom is -0.496 e. The number of halogens is 1. The molecule has 1 heterocycles. The molecule has 0 aliphatic rings. The molecule has 0 bridgehead atoms. The van der Waals surface area contributed by atoms with Gasteiger partial charge in [-0.3, -0.25) is 0 Å².